The van der Waals surface area contributed by atoms with Gasteiger partial charge in [0, 0.05) is 18.8 Å². The molecule has 2 heterocycles. The fourth-order valence-electron chi connectivity index (χ4n) is 2.49. The van der Waals surface area contributed by atoms with Gasteiger partial charge >= 0.3 is 6.61 Å². The second-order valence-corrected chi connectivity index (χ2v) is 5.14. The summed E-state index contributed by atoms with van der Waals surface area (Å²) in [4.78, 5) is 4.22. The van der Waals surface area contributed by atoms with Gasteiger partial charge in [0.2, 0.25) is 0 Å². The molecule has 0 radical (unpaired) electrons. The van der Waals surface area contributed by atoms with Crippen molar-refractivity contribution < 1.29 is 22.6 Å². The molecule has 0 bridgehead atoms. The third-order valence-corrected chi connectivity index (χ3v) is 3.48. The first kappa shape index (κ1) is 16.1. The van der Waals surface area contributed by atoms with Crippen molar-refractivity contribution in [3.63, 3.8) is 0 Å². The second-order valence-electron chi connectivity index (χ2n) is 5.14. The maximum absolute atomic E-state index is 13.4. The zero-order valence-corrected chi connectivity index (χ0v) is 13.0. The fourth-order valence-corrected chi connectivity index (χ4v) is 2.49. The number of hydrogen-bond acceptors (Lipinski definition) is 4. The number of rotatable bonds is 5. The van der Waals surface area contributed by atoms with Gasteiger partial charge in [0.15, 0.2) is 5.65 Å². The summed E-state index contributed by atoms with van der Waals surface area (Å²) in [7, 11) is 1.76. The van der Waals surface area contributed by atoms with Crippen molar-refractivity contribution in [2.24, 2.45) is 7.05 Å². The van der Waals surface area contributed by atoms with Crippen LogP contribution in [0.3, 0.4) is 0 Å². The second kappa shape index (κ2) is 6.38. The lowest BCUT2D eigenvalue weighted by Crippen LogP contribution is -2.06. The minimum Gasteiger partial charge on any atom is -0.488 e. The fraction of sp³-hybridized carbons (Fsp3) is 0.250. The smallest absolute Gasteiger partial charge is 0.387 e. The van der Waals surface area contributed by atoms with Crippen LogP contribution in [0.5, 0.6) is 11.5 Å². The Labute approximate surface area is 135 Å². The lowest BCUT2D eigenvalue weighted by atomic mass is 10.2. The summed E-state index contributed by atoms with van der Waals surface area (Å²) in [5.41, 5.74) is 1.54. The number of benzene rings is 1. The molecule has 0 amide bonds. The summed E-state index contributed by atoms with van der Waals surface area (Å²) < 4.78 is 50.0. The van der Waals surface area contributed by atoms with Gasteiger partial charge in [-0.3, -0.25) is 4.68 Å². The third kappa shape index (κ3) is 3.12. The van der Waals surface area contributed by atoms with Gasteiger partial charge in [-0.1, -0.05) is 0 Å². The molecule has 0 aliphatic heterocycles. The molecule has 0 fully saturated rings. The number of pyridine rings is 1. The molecule has 0 spiro atoms. The van der Waals surface area contributed by atoms with Gasteiger partial charge in [-0.05, 0) is 31.2 Å². The molecule has 3 aromatic rings. The number of aromatic nitrogens is 3. The highest BCUT2D eigenvalue weighted by molar-refractivity contribution is 5.84. The van der Waals surface area contributed by atoms with Crippen molar-refractivity contribution in [3.05, 3.63) is 47.5 Å². The zero-order valence-electron chi connectivity index (χ0n) is 13.0. The topological polar surface area (TPSA) is 49.2 Å². The molecule has 0 saturated carbocycles. The summed E-state index contributed by atoms with van der Waals surface area (Å²) >= 11 is 0. The predicted molar refractivity (Wildman–Crippen MR) is 80.6 cm³/mol. The normalized spacial score (nSPS) is 11.2. The van der Waals surface area contributed by atoms with E-state index in [9.17, 15) is 13.2 Å². The van der Waals surface area contributed by atoms with Crippen LogP contribution in [0.2, 0.25) is 0 Å². The van der Waals surface area contributed by atoms with E-state index >= 15 is 0 Å². The monoisotopic (exact) mass is 337 g/mol. The molecule has 3 rings (SSSR count). The van der Waals surface area contributed by atoms with Crippen LogP contribution in [-0.4, -0.2) is 21.4 Å². The number of aryl methyl sites for hydroxylation is 2. The van der Waals surface area contributed by atoms with Crippen LogP contribution in [0.25, 0.3) is 11.0 Å². The van der Waals surface area contributed by atoms with E-state index in [0.29, 0.717) is 16.8 Å². The van der Waals surface area contributed by atoms with Crippen LogP contribution in [-0.2, 0) is 13.7 Å². The first-order valence-electron chi connectivity index (χ1n) is 7.10. The van der Waals surface area contributed by atoms with Gasteiger partial charge in [-0.2, -0.15) is 13.9 Å². The van der Waals surface area contributed by atoms with E-state index in [4.69, 9.17) is 4.74 Å². The lowest BCUT2D eigenvalue weighted by molar-refractivity contribution is -0.0509. The highest BCUT2D eigenvalue weighted by atomic mass is 19.3. The number of nitrogens with zero attached hydrogens (tertiary/aromatic N) is 3. The van der Waals surface area contributed by atoms with Gasteiger partial charge < -0.3 is 9.47 Å². The molecule has 5 nitrogen and oxygen atoms in total. The van der Waals surface area contributed by atoms with Gasteiger partial charge in [0.1, 0.15) is 23.9 Å². The molecule has 1 aromatic carbocycles. The van der Waals surface area contributed by atoms with E-state index in [1.54, 1.807) is 24.0 Å². The maximum Gasteiger partial charge on any atom is 0.387 e. The van der Waals surface area contributed by atoms with Crippen molar-refractivity contribution in [3.8, 4) is 11.5 Å². The van der Waals surface area contributed by atoms with Gasteiger partial charge in [-0.15, -0.1) is 0 Å². The first-order chi connectivity index (χ1) is 11.5. The van der Waals surface area contributed by atoms with E-state index in [1.165, 1.54) is 0 Å². The number of alkyl halides is 2. The van der Waals surface area contributed by atoms with Crippen LogP contribution in [0.1, 0.15) is 11.3 Å². The van der Waals surface area contributed by atoms with Crippen molar-refractivity contribution in [2.75, 3.05) is 0 Å². The number of halogens is 3. The summed E-state index contributed by atoms with van der Waals surface area (Å²) in [6.45, 7) is -1.32. The van der Waals surface area contributed by atoms with E-state index < -0.39 is 12.4 Å². The first-order valence-corrected chi connectivity index (χ1v) is 7.10. The summed E-state index contributed by atoms with van der Waals surface area (Å²) in [5, 5.41) is 4.98. The Bertz CT molecular complexity index is 880. The predicted octanol–water partition coefficient (Wildman–Crippen LogP) is 3.60. The molecule has 24 heavy (non-hydrogen) atoms. The molecular formula is C16H14F3N3O2. The molecule has 0 atom stereocenters. The van der Waals surface area contributed by atoms with E-state index in [1.807, 2.05) is 6.92 Å². The molecule has 0 saturated heterocycles. The van der Waals surface area contributed by atoms with Crippen LogP contribution in [0, 0.1) is 12.7 Å². The summed E-state index contributed by atoms with van der Waals surface area (Å²) in [5.74, 6) is -0.204. The minimum atomic E-state index is -3.00. The average Bonchev–Trinajstić information content (AvgIpc) is 2.82. The van der Waals surface area contributed by atoms with Crippen molar-refractivity contribution in [1.29, 1.82) is 0 Å². The molecule has 0 unspecified atom stereocenters. The Hall–Kier alpha value is -2.77. The quantitative estimate of drug-likeness (QED) is 0.714. The van der Waals surface area contributed by atoms with E-state index in [2.05, 4.69) is 14.8 Å². The standard InChI is InChI=1S/C16H14F3N3O2/c1-9-14-13(5-6-20-15(14)22(2)21-9)23-8-10-7-11(17)3-4-12(10)24-16(18)19/h3-7,16H,8H2,1-2H3. The number of hydrogen-bond donors (Lipinski definition) is 0. The van der Waals surface area contributed by atoms with E-state index in [-0.39, 0.29) is 17.9 Å². The Morgan fingerprint density at radius 3 is 2.75 bits per heavy atom. The van der Waals surface area contributed by atoms with Crippen molar-refractivity contribution in [1.82, 2.24) is 14.8 Å². The molecule has 0 N–H and O–H groups in total. The van der Waals surface area contributed by atoms with Crippen LogP contribution in [0.15, 0.2) is 30.5 Å². The van der Waals surface area contributed by atoms with Crippen molar-refractivity contribution in [2.45, 2.75) is 20.1 Å². The van der Waals surface area contributed by atoms with E-state index in [0.717, 1.165) is 23.9 Å². The summed E-state index contributed by atoms with van der Waals surface area (Å²) in [6, 6.07) is 4.95. The van der Waals surface area contributed by atoms with Crippen LogP contribution >= 0.6 is 0 Å². The highest BCUT2D eigenvalue weighted by Gasteiger charge is 2.15. The Morgan fingerprint density at radius 1 is 1.21 bits per heavy atom. The number of fused-ring (bicyclic) bond motifs is 1. The Balaban J connectivity index is 1.90. The molecule has 126 valence electrons. The maximum atomic E-state index is 13.4. The molecule has 0 aliphatic rings. The van der Waals surface area contributed by atoms with Gasteiger partial charge in [0.25, 0.3) is 0 Å². The van der Waals surface area contributed by atoms with Gasteiger partial charge in [-0.25, -0.2) is 9.37 Å². The Morgan fingerprint density at radius 2 is 2.00 bits per heavy atom. The average molecular weight is 337 g/mol. The zero-order chi connectivity index (χ0) is 17.3. The highest BCUT2D eigenvalue weighted by Crippen LogP contribution is 2.29. The molecule has 0 aliphatic carbocycles. The third-order valence-electron chi connectivity index (χ3n) is 3.48. The molecule has 8 heteroatoms. The Kier molecular flexibility index (Phi) is 4.28. The summed E-state index contributed by atoms with van der Waals surface area (Å²) in [6.07, 6.45) is 1.56. The number of ether oxygens (including phenoxy) is 2. The van der Waals surface area contributed by atoms with Crippen LogP contribution < -0.4 is 9.47 Å². The molecular weight excluding hydrogens is 323 g/mol. The van der Waals surface area contributed by atoms with Crippen LogP contribution in [0.4, 0.5) is 13.2 Å². The van der Waals surface area contributed by atoms with Crippen molar-refractivity contribution >= 4 is 11.0 Å². The largest absolute Gasteiger partial charge is 0.488 e. The van der Waals surface area contributed by atoms with Gasteiger partial charge in [0.05, 0.1) is 11.1 Å². The minimum absolute atomic E-state index is 0.125. The SMILES string of the molecule is Cc1nn(C)c2nccc(OCc3cc(F)ccc3OC(F)F)c12. The lowest BCUT2D eigenvalue weighted by Gasteiger charge is -2.12. The molecule has 2 aromatic heterocycles.